The molecule has 0 bridgehead atoms. The van der Waals surface area contributed by atoms with E-state index in [0.29, 0.717) is 33.6 Å². The van der Waals surface area contributed by atoms with Gasteiger partial charge in [0.25, 0.3) is 5.91 Å². The minimum atomic E-state index is -3.61. The van der Waals surface area contributed by atoms with Crippen LogP contribution in [0.4, 0.5) is 11.4 Å². The zero-order valence-electron chi connectivity index (χ0n) is 16.5. The Morgan fingerprint density at radius 2 is 1.81 bits per heavy atom. The van der Waals surface area contributed by atoms with Crippen LogP contribution in [0.2, 0.25) is 5.02 Å². The number of carbonyl (C=O) groups is 1. The highest BCUT2D eigenvalue weighted by Crippen LogP contribution is 2.36. The van der Waals surface area contributed by atoms with E-state index in [4.69, 9.17) is 21.1 Å². The van der Waals surface area contributed by atoms with Gasteiger partial charge in [0.05, 0.1) is 24.2 Å². The fourth-order valence-corrected chi connectivity index (χ4v) is 4.26. The first-order valence-corrected chi connectivity index (χ1v) is 11.6. The maximum absolute atomic E-state index is 13.0. The van der Waals surface area contributed by atoms with Crippen molar-refractivity contribution in [2.75, 3.05) is 22.4 Å². The molecule has 9 heteroatoms. The lowest BCUT2D eigenvalue weighted by Gasteiger charge is -2.33. The third-order valence-corrected chi connectivity index (χ3v) is 5.98. The van der Waals surface area contributed by atoms with Gasteiger partial charge >= 0.3 is 0 Å². The van der Waals surface area contributed by atoms with Crippen molar-refractivity contribution in [2.45, 2.75) is 6.10 Å². The van der Waals surface area contributed by atoms with Crippen molar-refractivity contribution < 1.29 is 22.7 Å². The molecule has 4 rings (SSSR count). The Bertz CT molecular complexity index is 1220. The van der Waals surface area contributed by atoms with Gasteiger partial charge in [-0.3, -0.25) is 9.10 Å². The van der Waals surface area contributed by atoms with Crippen molar-refractivity contribution >= 4 is 38.9 Å². The summed E-state index contributed by atoms with van der Waals surface area (Å²) in [5.74, 6) is 0.765. The molecule has 0 saturated heterocycles. The lowest BCUT2D eigenvalue weighted by Crippen LogP contribution is -2.48. The SMILES string of the molecule is CS(=O)(=O)N1C[C@@H](C(=O)Nc2cc(Cl)ccc2Oc2ccccc2)Oc2ccccc21. The second kappa shape index (κ2) is 8.49. The van der Waals surface area contributed by atoms with E-state index in [1.807, 2.05) is 18.2 Å². The molecule has 0 spiro atoms. The second-order valence-electron chi connectivity index (χ2n) is 6.91. The molecule has 0 fully saturated rings. The number of hydrogen-bond donors (Lipinski definition) is 1. The number of ether oxygens (including phenoxy) is 2. The van der Waals surface area contributed by atoms with Crippen LogP contribution in [0.25, 0.3) is 0 Å². The molecule has 160 valence electrons. The first-order chi connectivity index (χ1) is 14.8. The minimum Gasteiger partial charge on any atom is -0.476 e. The lowest BCUT2D eigenvalue weighted by molar-refractivity contribution is -0.122. The monoisotopic (exact) mass is 458 g/mol. The number of fused-ring (bicyclic) bond motifs is 1. The second-order valence-corrected chi connectivity index (χ2v) is 9.26. The summed E-state index contributed by atoms with van der Waals surface area (Å²) in [4.78, 5) is 13.0. The molecular formula is C22H19ClN2O5S. The van der Waals surface area contributed by atoms with Gasteiger partial charge in [-0.15, -0.1) is 0 Å². The van der Waals surface area contributed by atoms with E-state index in [1.165, 1.54) is 0 Å². The van der Waals surface area contributed by atoms with Crippen LogP contribution in [-0.4, -0.2) is 33.2 Å². The molecule has 1 N–H and O–H groups in total. The Labute approximate surface area is 185 Å². The number of sulfonamides is 1. The summed E-state index contributed by atoms with van der Waals surface area (Å²) in [5, 5.41) is 3.16. The summed E-state index contributed by atoms with van der Waals surface area (Å²) in [6.07, 6.45) is 0.0282. The summed E-state index contributed by atoms with van der Waals surface area (Å²) in [6.45, 7) is -0.156. The van der Waals surface area contributed by atoms with Gasteiger partial charge in [-0.25, -0.2) is 8.42 Å². The number of anilines is 2. The maximum atomic E-state index is 13.0. The fraction of sp³-hybridized carbons (Fsp3) is 0.136. The number of hydrogen-bond acceptors (Lipinski definition) is 5. The highest BCUT2D eigenvalue weighted by atomic mass is 35.5. The van der Waals surface area contributed by atoms with Gasteiger partial charge in [0, 0.05) is 5.02 Å². The summed E-state index contributed by atoms with van der Waals surface area (Å²) in [7, 11) is -3.61. The van der Waals surface area contributed by atoms with E-state index in [-0.39, 0.29) is 6.54 Å². The largest absolute Gasteiger partial charge is 0.476 e. The normalized spacial score (nSPS) is 15.5. The van der Waals surface area contributed by atoms with Crippen LogP contribution in [0, 0.1) is 0 Å². The van der Waals surface area contributed by atoms with Crippen LogP contribution >= 0.6 is 11.6 Å². The molecule has 1 aliphatic heterocycles. The number of amides is 1. The number of benzene rings is 3. The zero-order valence-corrected chi connectivity index (χ0v) is 18.1. The Morgan fingerprint density at radius 3 is 2.55 bits per heavy atom. The standard InChI is InChI=1S/C22H19ClN2O5S/c1-31(27,28)25-14-21(30-20-10-6-5-9-18(20)25)22(26)24-17-13-15(23)11-12-19(17)29-16-7-3-2-4-8-16/h2-13,21H,14H2,1H3,(H,24,26)/t21-/m0/s1. The van der Waals surface area contributed by atoms with Gasteiger partial charge in [0.15, 0.2) is 11.9 Å². The number of halogens is 1. The number of nitrogens with one attached hydrogen (secondary N) is 1. The molecule has 1 amide bonds. The summed E-state index contributed by atoms with van der Waals surface area (Å²) in [6, 6.07) is 20.6. The van der Waals surface area contributed by atoms with Gasteiger partial charge in [-0.1, -0.05) is 41.9 Å². The minimum absolute atomic E-state index is 0.156. The molecule has 3 aromatic rings. The molecule has 31 heavy (non-hydrogen) atoms. The van der Waals surface area contributed by atoms with Crippen LogP contribution in [0.3, 0.4) is 0 Å². The van der Waals surface area contributed by atoms with Crippen molar-refractivity contribution in [3.8, 4) is 17.2 Å². The third-order valence-electron chi connectivity index (χ3n) is 4.60. The van der Waals surface area contributed by atoms with E-state index in [9.17, 15) is 13.2 Å². The third kappa shape index (κ3) is 4.76. The lowest BCUT2D eigenvalue weighted by atomic mass is 10.2. The zero-order chi connectivity index (χ0) is 22.0. The first kappa shape index (κ1) is 21.0. The smallest absolute Gasteiger partial charge is 0.267 e. The molecular weight excluding hydrogens is 440 g/mol. The molecule has 0 radical (unpaired) electrons. The molecule has 0 aliphatic carbocycles. The molecule has 1 atom stereocenters. The topological polar surface area (TPSA) is 84.9 Å². The number of nitrogens with zero attached hydrogens (tertiary/aromatic N) is 1. The molecule has 1 aliphatic rings. The van der Waals surface area contributed by atoms with Crippen LogP contribution in [0.5, 0.6) is 17.2 Å². The highest BCUT2D eigenvalue weighted by molar-refractivity contribution is 7.92. The molecule has 0 aromatic heterocycles. The van der Waals surface area contributed by atoms with Crippen molar-refractivity contribution in [1.29, 1.82) is 0 Å². The number of carbonyl (C=O) groups excluding carboxylic acids is 1. The van der Waals surface area contributed by atoms with Gasteiger partial charge in [-0.05, 0) is 42.5 Å². The summed E-state index contributed by atoms with van der Waals surface area (Å²) >= 11 is 6.11. The van der Waals surface area contributed by atoms with Gasteiger partial charge in [0.2, 0.25) is 10.0 Å². The Balaban J connectivity index is 1.59. The maximum Gasteiger partial charge on any atom is 0.267 e. The van der Waals surface area contributed by atoms with Crippen molar-refractivity contribution in [3.05, 3.63) is 77.8 Å². The molecule has 7 nitrogen and oxygen atoms in total. The van der Waals surface area contributed by atoms with Gasteiger partial charge in [-0.2, -0.15) is 0 Å². The quantitative estimate of drug-likeness (QED) is 0.616. The Kier molecular flexibility index (Phi) is 5.75. The molecule has 0 unspecified atom stereocenters. The molecule has 0 saturated carbocycles. The van der Waals surface area contributed by atoms with Crippen molar-refractivity contribution in [3.63, 3.8) is 0 Å². The molecule has 3 aromatic carbocycles. The van der Waals surface area contributed by atoms with E-state index < -0.39 is 22.0 Å². The van der Waals surface area contributed by atoms with Crippen LogP contribution in [-0.2, 0) is 14.8 Å². The van der Waals surface area contributed by atoms with Crippen LogP contribution in [0.1, 0.15) is 0 Å². The Hall–Kier alpha value is -3.23. The van der Waals surface area contributed by atoms with Gasteiger partial charge < -0.3 is 14.8 Å². The summed E-state index contributed by atoms with van der Waals surface area (Å²) in [5.41, 5.74) is 0.736. The van der Waals surface area contributed by atoms with Crippen molar-refractivity contribution in [1.82, 2.24) is 0 Å². The van der Waals surface area contributed by atoms with E-state index in [0.717, 1.165) is 10.6 Å². The fourth-order valence-electron chi connectivity index (χ4n) is 3.17. The van der Waals surface area contributed by atoms with Crippen LogP contribution in [0.15, 0.2) is 72.8 Å². The Morgan fingerprint density at radius 1 is 1.10 bits per heavy atom. The molecule has 1 heterocycles. The predicted octanol–water partition coefficient (Wildman–Crippen LogP) is 4.30. The predicted molar refractivity (Wildman–Crippen MR) is 120 cm³/mol. The van der Waals surface area contributed by atoms with Crippen molar-refractivity contribution in [2.24, 2.45) is 0 Å². The first-order valence-electron chi connectivity index (χ1n) is 9.38. The van der Waals surface area contributed by atoms with E-state index in [2.05, 4.69) is 5.32 Å². The highest BCUT2D eigenvalue weighted by Gasteiger charge is 2.35. The average molecular weight is 459 g/mol. The average Bonchev–Trinajstić information content (AvgIpc) is 2.75. The van der Waals surface area contributed by atoms with E-state index in [1.54, 1.807) is 54.6 Å². The van der Waals surface area contributed by atoms with Crippen LogP contribution < -0.4 is 19.1 Å². The van der Waals surface area contributed by atoms with Gasteiger partial charge in [0.1, 0.15) is 11.5 Å². The summed E-state index contributed by atoms with van der Waals surface area (Å²) < 4.78 is 37.4. The number of rotatable bonds is 5. The van der Waals surface area contributed by atoms with E-state index >= 15 is 0 Å². The number of para-hydroxylation sites is 3.